The topological polar surface area (TPSA) is 0 Å². The van der Waals surface area contributed by atoms with E-state index in [1.807, 2.05) is 17.4 Å². The third-order valence-corrected chi connectivity index (χ3v) is 5.76. The van der Waals surface area contributed by atoms with E-state index in [1.54, 1.807) is 22.7 Å². The molecule has 0 bridgehead atoms. The molecule has 3 rings (SSSR count). The van der Waals surface area contributed by atoms with Crippen molar-refractivity contribution in [3.05, 3.63) is 53.2 Å². The lowest BCUT2D eigenvalue weighted by Gasteiger charge is -1.93. The normalized spacial score (nSPS) is 10.6. The fourth-order valence-electron chi connectivity index (χ4n) is 1.70. The fraction of sp³-hybridized carbons (Fsp3) is 0. The van der Waals surface area contributed by atoms with Crippen LogP contribution in [0.15, 0.2) is 47.7 Å². The molecule has 3 aromatic rings. The van der Waals surface area contributed by atoms with Crippen molar-refractivity contribution in [2.24, 2.45) is 0 Å². The van der Waals surface area contributed by atoms with Gasteiger partial charge < -0.3 is 0 Å². The maximum absolute atomic E-state index is 3.91. The lowest BCUT2D eigenvalue weighted by molar-refractivity contribution is 1.84. The molecule has 0 aliphatic rings. The first-order valence-corrected chi connectivity index (χ1v) is 7.80. The van der Waals surface area contributed by atoms with Gasteiger partial charge in [0.1, 0.15) is 0 Å². The second kappa shape index (κ2) is 4.61. The molecule has 3 heterocycles. The van der Waals surface area contributed by atoms with Crippen LogP contribution in [0.4, 0.5) is 0 Å². The SMILES string of the molecule is C=Cc1cc(-c2cccs2)sc1-c1cccs1. The summed E-state index contributed by atoms with van der Waals surface area (Å²) in [7, 11) is 0. The highest BCUT2D eigenvalue weighted by molar-refractivity contribution is 7.26. The van der Waals surface area contributed by atoms with Crippen LogP contribution in [0.3, 0.4) is 0 Å². The third kappa shape index (κ3) is 2.02. The third-order valence-electron chi connectivity index (χ3n) is 2.49. The van der Waals surface area contributed by atoms with Gasteiger partial charge in [-0.2, -0.15) is 0 Å². The van der Waals surface area contributed by atoms with Gasteiger partial charge in [-0.15, -0.1) is 34.0 Å². The molecule has 0 unspecified atom stereocenters. The van der Waals surface area contributed by atoms with Gasteiger partial charge in [0.05, 0.1) is 4.88 Å². The Kier molecular flexibility index (Phi) is 2.97. The van der Waals surface area contributed by atoms with E-state index < -0.39 is 0 Å². The molecule has 0 aliphatic carbocycles. The minimum atomic E-state index is 1.24. The van der Waals surface area contributed by atoms with Crippen LogP contribution < -0.4 is 0 Å². The van der Waals surface area contributed by atoms with Crippen molar-refractivity contribution in [2.75, 3.05) is 0 Å². The Labute approximate surface area is 113 Å². The van der Waals surface area contributed by atoms with Gasteiger partial charge in [-0.25, -0.2) is 0 Å². The van der Waals surface area contributed by atoms with E-state index in [2.05, 4.69) is 47.7 Å². The molecule has 3 heteroatoms. The predicted octanol–water partition coefficient (Wildman–Crippen LogP) is 5.85. The van der Waals surface area contributed by atoms with Crippen LogP contribution in [-0.4, -0.2) is 0 Å². The van der Waals surface area contributed by atoms with Crippen LogP contribution >= 0.6 is 34.0 Å². The van der Waals surface area contributed by atoms with Crippen molar-refractivity contribution in [3.63, 3.8) is 0 Å². The second-order valence-electron chi connectivity index (χ2n) is 3.55. The van der Waals surface area contributed by atoms with Crippen LogP contribution in [0.5, 0.6) is 0 Å². The van der Waals surface area contributed by atoms with Gasteiger partial charge >= 0.3 is 0 Å². The average molecular weight is 274 g/mol. The molecule has 3 aromatic heterocycles. The Morgan fingerprint density at radius 1 is 0.941 bits per heavy atom. The number of hydrogen-bond donors (Lipinski definition) is 0. The molecule has 0 radical (unpaired) electrons. The summed E-state index contributed by atoms with van der Waals surface area (Å²) in [5.41, 5.74) is 1.24. The monoisotopic (exact) mass is 274 g/mol. The van der Waals surface area contributed by atoms with E-state index in [0.717, 1.165) is 0 Å². The molecule has 84 valence electrons. The van der Waals surface area contributed by atoms with Gasteiger partial charge in [0.15, 0.2) is 0 Å². The lowest BCUT2D eigenvalue weighted by Crippen LogP contribution is -1.67. The zero-order valence-electron chi connectivity index (χ0n) is 9.05. The number of hydrogen-bond acceptors (Lipinski definition) is 3. The van der Waals surface area contributed by atoms with Gasteiger partial charge in [-0.05, 0) is 34.5 Å². The van der Waals surface area contributed by atoms with Crippen LogP contribution in [-0.2, 0) is 0 Å². The predicted molar refractivity (Wildman–Crippen MR) is 81.0 cm³/mol. The van der Waals surface area contributed by atoms with E-state index in [0.29, 0.717) is 0 Å². The molecule has 0 atom stereocenters. The first kappa shape index (κ1) is 11.0. The van der Waals surface area contributed by atoms with E-state index in [4.69, 9.17) is 0 Å². The average Bonchev–Trinajstić information content (AvgIpc) is 3.09. The van der Waals surface area contributed by atoms with Crippen LogP contribution in [0, 0.1) is 0 Å². The quantitative estimate of drug-likeness (QED) is 0.562. The van der Waals surface area contributed by atoms with Crippen LogP contribution in [0.25, 0.3) is 25.6 Å². The molecule has 0 fully saturated rings. The summed E-state index contributed by atoms with van der Waals surface area (Å²) in [5, 5.41) is 4.24. The Bertz CT molecular complexity index is 613. The number of rotatable bonds is 3. The van der Waals surface area contributed by atoms with Gasteiger partial charge in [0, 0.05) is 14.6 Å². The highest BCUT2D eigenvalue weighted by atomic mass is 32.1. The Morgan fingerprint density at radius 3 is 2.24 bits per heavy atom. The van der Waals surface area contributed by atoms with Crippen molar-refractivity contribution < 1.29 is 0 Å². The van der Waals surface area contributed by atoms with Crippen molar-refractivity contribution >= 4 is 40.1 Å². The zero-order chi connectivity index (χ0) is 11.7. The van der Waals surface area contributed by atoms with Crippen LogP contribution in [0.2, 0.25) is 0 Å². The van der Waals surface area contributed by atoms with E-state index in [-0.39, 0.29) is 0 Å². The maximum atomic E-state index is 3.91. The molecular formula is C14H10S3. The molecule has 0 saturated carbocycles. The highest BCUT2D eigenvalue weighted by Gasteiger charge is 2.11. The van der Waals surface area contributed by atoms with Gasteiger partial charge in [0.25, 0.3) is 0 Å². The van der Waals surface area contributed by atoms with E-state index in [1.165, 1.54) is 25.1 Å². The van der Waals surface area contributed by atoms with Crippen molar-refractivity contribution in [1.29, 1.82) is 0 Å². The molecule has 17 heavy (non-hydrogen) atoms. The molecule has 0 aromatic carbocycles. The van der Waals surface area contributed by atoms with Gasteiger partial charge in [-0.1, -0.05) is 24.8 Å². The molecule has 0 saturated heterocycles. The highest BCUT2D eigenvalue weighted by Crippen LogP contribution is 2.41. The van der Waals surface area contributed by atoms with Crippen molar-refractivity contribution in [3.8, 4) is 19.5 Å². The Hall–Kier alpha value is -1.16. The van der Waals surface area contributed by atoms with E-state index >= 15 is 0 Å². The zero-order valence-corrected chi connectivity index (χ0v) is 11.5. The fourth-order valence-corrected chi connectivity index (χ4v) is 4.56. The Balaban J connectivity index is 2.13. The van der Waals surface area contributed by atoms with Gasteiger partial charge in [0.2, 0.25) is 0 Å². The molecule has 0 N–H and O–H groups in total. The summed E-state index contributed by atoms with van der Waals surface area (Å²) in [6.07, 6.45) is 1.95. The molecule has 0 amide bonds. The molecule has 0 spiro atoms. The summed E-state index contributed by atoms with van der Waals surface area (Å²) >= 11 is 5.42. The standard InChI is InChI=1S/C14H10S3/c1-2-10-9-13(11-5-3-7-15-11)17-14(10)12-6-4-8-16-12/h2-9H,1H2. The van der Waals surface area contributed by atoms with Gasteiger partial charge in [-0.3, -0.25) is 0 Å². The van der Waals surface area contributed by atoms with E-state index in [9.17, 15) is 0 Å². The van der Waals surface area contributed by atoms with Crippen molar-refractivity contribution in [2.45, 2.75) is 0 Å². The Morgan fingerprint density at radius 2 is 1.65 bits per heavy atom. The first-order chi connectivity index (χ1) is 8.38. The largest absolute Gasteiger partial charge is 0.143 e. The minimum Gasteiger partial charge on any atom is -0.143 e. The summed E-state index contributed by atoms with van der Waals surface area (Å²) in [6, 6.07) is 10.8. The maximum Gasteiger partial charge on any atom is 0.0521 e. The number of thiophene rings is 3. The molecule has 0 nitrogen and oxygen atoms in total. The lowest BCUT2D eigenvalue weighted by atomic mass is 10.2. The van der Waals surface area contributed by atoms with Crippen LogP contribution in [0.1, 0.15) is 5.56 Å². The summed E-state index contributed by atoms with van der Waals surface area (Å²) in [6.45, 7) is 3.91. The summed E-state index contributed by atoms with van der Waals surface area (Å²) in [4.78, 5) is 5.32. The first-order valence-electron chi connectivity index (χ1n) is 5.22. The summed E-state index contributed by atoms with van der Waals surface area (Å²) in [5.74, 6) is 0. The smallest absolute Gasteiger partial charge is 0.0521 e. The molecule has 0 aliphatic heterocycles. The minimum absolute atomic E-state index is 1.24. The van der Waals surface area contributed by atoms with Crippen molar-refractivity contribution in [1.82, 2.24) is 0 Å². The second-order valence-corrected chi connectivity index (χ2v) is 6.50. The molecular weight excluding hydrogens is 264 g/mol. The summed E-state index contributed by atoms with van der Waals surface area (Å²) < 4.78 is 0.